The van der Waals surface area contributed by atoms with Gasteiger partial charge < -0.3 is 5.32 Å². The summed E-state index contributed by atoms with van der Waals surface area (Å²) in [5, 5.41) is 11.7. The van der Waals surface area contributed by atoms with Gasteiger partial charge in [-0.05, 0) is 35.4 Å². The maximum Gasteiger partial charge on any atom is 0.0622 e. The van der Waals surface area contributed by atoms with Crippen molar-refractivity contribution >= 4 is 21.4 Å². The van der Waals surface area contributed by atoms with Gasteiger partial charge in [0.05, 0.1) is 12.2 Å². The molecule has 0 fully saturated rings. The van der Waals surface area contributed by atoms with Gasteiger partial charge >= 0.3 is 0 Å². The first-order chi connectivity index (χ1) is 10.3. The van der Waals surface area contributed by atoms with Crippen molar-refractivity contribution in [1.82, 2.24) is 15.1 Å². The van der Waals surface area contributed by atoms with E-state index in [1.807, 2.05) is 22.2 Å². The normalized spacial score (nSPS) is 12.9. The summed E-state index contributed by atoms with van der Waals surface area (Å²) in [4.78, 5) is 0. The van der Waals surface area contributed by atoms with Crippen molar-refractivity contribution in [1.29, 1.82) is 0 Å². The lowest BCUT2D eigenvalue weighted by atomic mass is 10.0. The van der Waals surface area contributed by atoms with E-state index in [0.717, 1.165) is 19.5 Å². The average Bonchev–Trinajstić information content (AvgIpc) is 3.12. The molecule has 0 saturated heterocycles. The highest BCUT2D eigenvalue weighted by atomic mass is 32.1. The van der Waals surface area contributed by atoms with Crippen LogP contribution in [0.4, 0.5) is 0 Å². The number of benzene rings is 1. The second-order valence-corrected chi connectivity index (χ2v) is 6.13. The number of fused-ring (bicyclic) bond motifs is 1. The molecular formula is C17H21N3S. The van der Waals surface area contributed by atoms with Crippen LogP contribution in [0.3, 0.4) is 0 Å². The fourth-order valence-corrected chi connectivity index (χ4v) is 3.70. The van der Waals surface area contributed by atoms with Gasteiger partial charge in [-0.25, -0.2) is 0 Å². The van der Waals surface area contributed by atoms with Crippen molar-refractivity contribution in [2.45, 2.75) is 32.9 Å². The SMILES string of the molecule is CCCn1cc(C(NCC)c2csc3ccccc23)cn1. The van der Waals surface area contributed by atoms with Gasteiger partial charge in [0, 0.05) is 23.0 Å². The first-order valence-electron chi connectivity index (χ1n) is 7.55. The molecular weight excluding hydrogens is 278 g/mol. The third-order valence-electron chi connectivity index (χ3n) is 3.67. The molecule has 3 nitrogen and oxygen atoms in total. The van der Waals surface area contributed by atoms with E-state index in [0.29, 0.717) is 0 Å². The van der Waals surface area contributed by atoms with Crippen LogP contribution in [-0.4, -0.2) is 16.3 Å². The summed E-state index contributed by atoms with van der Waals surface area (Å²) in [5.41, 5.74) is 2.60. The van der Waals surface area contributed by atoms with E-state index in [2.05, 4.69) is 60.1 Å². The first-order valence-corrected chi connectivity index (χ1v) is 8.43. The highest BCUT2D eigenvalue weighted by Crippen LogP contribution is 2.33. The van der Waals surface area contributed by atoms with Crippen LogP contribution in [-0.2, 0) is 6.54 Å². The molecule has 2 heterocycles. The van der Waals surface area contributed by atoms with E-state index < -0.39 is 0 Å². The Hall–Kier alpha value is -1.65. The number of rotatable bonds is 6. The molecule has 0 saturated carbocycles. The molecule has 0 aliphatic heterocycles. The summed E-state index contributed by atoms with van der Waals surface area (Å²) in [6, 6.07) is 8.83. The number of nitrogens with one attached hydrogen (secondary N) is 1. The zero-order valence-electron chi connectivity index (χ0n) is 12.5. The van der Waals surface area contributed by atoms with Gasteiger partial charge in [-0.15, -0.1) is 11.3 Å². The number of aromatic nitrogens is 2. The van der Waals surface area contributed by atoms with Crippen molar-refractivity contribution in [2.24, 2.45) is 0 Å². The Kier molecular flexibility index (Phi) is 4.36. The van der Waals surface area contributed by atoms with Crippen molar-refractivity contribution in [2.75, 3.05) is 6.54 Å². The molecule has 3 rings (SSSR count). The van der Waals surface area contributed by atoms with Gasteiger partial charge in [0.15, 0.2) is 0 Å². The van der Waals surface area contributed by atoms with Crippen molar-refractivity contribution in [3.63, 3.8) is 0 Å². The number of aryl methyl sites for hydroxylation is 1. The van der Waals surface area contributed by atoms with Crippen molar-refractivity contribution in [3.05, 3.63) is 53.2 Å². The monoisotopic (exact) mass is 299 g/mol. The Labute approximate surface area is 129 Å². The Balaban J connectivity index is 2.00. The lowest BCUT2D eigenvalue weighted by Gasteiger charge is -2.16. The standard InChI is InChI=1S/C17H21N3S/c1-3-9-20-11-13(10-19-20)17(18-4-2)15-12-21-16-8-6-5-7-14(15)16/h5-8,10-12,17-18H,3-4,9H2,1-2H3. The highest BCUT2D eigenvalue weighted by Gasteiger charge is 2.18. The lowest BCUT2D eigenvalue weighted by Crippen LogP contribution is -2.21. The van der Waals surface area contributed by atoms with Crippen LogP contribution < -0.4 is 5.32 Å². The Morgan fingerprint density at radius 2 is 2.14 bits per heavy atom. The molecule has 4 heteroatoms. The molecule has 0 aliphatic rings. The molecule has 1 atom stereocenters. The molecule has 21 heavy (non-hydrogen) atoms. The van der Waals surface area contributed by atoms with Crippen LogP contribution in [0.1, 0.15) is 37.4 Å². The number of hydrogen-bond acceptors (Lipinski definition) is 3. The van der Waals surface area contributed by atoms with Crippen molar-refractivity contribution < 1.29 is 0 Å². The van der Waals surface area contributed by atoms with Crippen LogP contribution in [0.25, 0.3) is 10.1 Å². The summed E-state index contributed by atoms with van der Waals surface area (Å²) in [7, 11) is 0. The lowest BCUT2D eigenvalue weighted by molar-refractivity contribution is 0.598. The molecule has 1 N–H and O–H groups in total. The minimum atomic E-state index is 0.219. The topological polar surface area (TPSA) is 29.9 Å². The number of hydrogen-bond donors (Lipinski definition) is 1. The molecule has 0 radical (unpaired) electrons. The largest absolute Gasteiger partial charge is 0.306 e. The summed E-state index contributed by atoms with van der Waals surface area (Å²) in [6.45, 7) is 6.24. The van der Waals surface area contributed by atoms with E-state index in [4.69, 9.17) is 0 Å². The van der Waals surface area contributed by atoms with E-state index in [1.54, 1.807) is 0 Å². The van der Waals surface area contributed by atoms with Gasteiger partial charge in [-0.2, -0.15) is 5.10 Å². The molecule has 0 bridgehead atoms. The highest BCUT2D eigenvalue weighted by molar-refractivity contribution is 7.17. The first kappa shape index (κ1) is 14.3. The number of nitrogens with zero attached hydrogens (tertiary/aromatic N) is 2. The Morgan fingerprint density at radius 3 is 2.95 bits per heavy atom. The van der Waals surface area contributed by atoms with Crippen LogP contribution in [0.2, 0.25) is 0 Å². The smallest absolute Gasteiger partial charge is 0.0622 e. The Bertz CT molecular complexity index is 713. The average molecular weight is 299 g/mol. The van der Waals surface area contributed by atoms with Gasteiger partial charge in [0.1, 0.15) is 0 Å². The predicted octanol–water partition coefficient (Wildman–Crippen LogP) is 4.21. The molecule has 110 valence electrons. The van der Waals surface area contributed by atoms with E-state index in [1.165, 1.54) is 21.2 Å². The van der Waals surface area contributed by atoms with E-state index in [-0.39, 0.29) is 6.04 Å². The van der Waals surface area contributed by atoms with Gasteiger partial charge in [0.2, 0.25) is 0 Å². The summed E-state index contributed by atoms with van der Waals surface area (Å²) in [6.07, 6.45) is 5.27. The summed E-state index contributed by atoms with van der Waals surface area (Å²) >= 11 is 1.81. The van der Waals surface area contributed by atoms with Gasteiger partial charge in [0.25, 0.3) is 0 Å². The van der Waals surface area contributed by atoms with Gasteiger partial charge in [-0.3, -0.25) is 4.68 Å². The van der Waals surface area contributed by atoms with Crippen LogP contribution in [0.15, 0.2) is 42.0 Å². The zero-order valence-corrected chi connectivity index (χ0v) is 13.4. The minimum Gasteiger partial charge on any atom is -0.306 e. The fourth-order valence-electron chi connectivity index (χ4n) is 2.71. The Morgan fingerprint density at radius 1 is 1.29 bits per heavy atom. The minimum absolute atomic E-state index is 0.219. The third kappa shape index (κ3) is 2.87. The van der Waals surface area contributed by atoms with Crippen LogP contribution in [0, 0.1) is 0 Å². The molecule has 1 aromatic carbocycles. The molecule has 3 aromatic rings. The maximum atomic E-state index is 4.48. The molecule has 0 spiro atoms. The summed E-state index contributed by atoms with van der Waals surface area (Å²) < 4.78 is 3.38. The van der Waals surface area contributed by atoms with Gasteiger partial charge in [-0.1, -0.05) is 32.0 Å². The van der Waals surface area contributed by atoms with E-state index in [9.17, 15) is 0 Å². The summed E-state index contributed by atoms with van der Waals surface area (Å²) in [5.74, 6) is 0. The number of thiophene rings is 1. The zero-order chi connectivity index (χ0) is 14.7. The van der Waals surface area contributed by atoms with E-state index >= 15 is 0 Å². The van der Waals surface area contributed by atoms with Crippen LogP contribution >= 0.6 is 11.3 Å². The van der Waals surface area contributed by atoms with Crippen LogP contribution in [0.5, 0.6) is 0 Å². The second kappa shape index (κ2) is 6.41. The van der Waals surface area contributed by atoms with Crippen molar-refractivity contribution in [3.8, 4) is 0 Å². The molecule has 2 aromatic heterocycles. The maximum absolute atomic E-state index is 4.48. The molecule has 0 amide bonds. The second-order valence-electron chi connectivity index (χ2n) is 5.21. The molecule has 1 unspecified atom stereocenters. The molecule has 0 aliphatic carbocycles. The quantitative estimate of drug-likeness (QED) is 0.739. The fraction of sp³-hybridized carbons (Fsp3) is 0.353. The predicted molar refractivity (Wildman–Crippen MR) is 89.9 cm³/mol. The third-order valence-corrected chi connectivity index (χ3v) is 4.65.